The van der Waals surface area contributed by atoms with E-state index in [0.717, 1.165) is 13.8 Å². The van der Waals surface area contributed by atoms with Crippen LogP contribution in [0.1, 0.15) is 36.1 Å². The number of halogens is 4. The van der Waals surface area contributed by atoms with Crippen LogP contribution >= 0.6 is 0 Å². The smallest absolute Gasteiger partial charge is 0.270 e. The molecule has 0 aliphatic carbocycles. The van der Waals surface area contributed by atoms with Crippen molar-refractivity contribution in [2.45, 2.75) is 50.6 Å². The molecule has 2 atom stereocenters. The number of nitrogens with two attached hydrogens (primary N) is 1. The van der Waals surface area contributed by atoms with E-state index in [-0.39, 0.29) is 24.0 Å². The Hall–Kier alpha value is -2.94. The molecule has 4 N–H and O–H groups in total. The van der Waals surface area contributed by atoms with Crippen LogP contribution in [0.15, 0.2) is 48.5 Å². The van der Waals surface area contributed by atoms with Gasteiger partial charge in [-0.25, -0.2) is 17.6 Å². The molecule has 0 heterocycles. The van der Waals surface area contributed by atoms with Crippen molar-refractivity contribution >= 4 is 11.8 Å². The predicted molar refractivity (Wildman–Crippen MR) is 113 cm³/mol. The summed E-state index contributed by atoms with van der Waals surface area (Å²) >= 11 is 0. The lowest BCUT2D eigenvalue weighted by Crippen LogP contribution is -2.52. The highest BCUT2D eigenvalue weighted by atomic mass is 19.3. The van der Waals surface area contributed by atoms with Gasteiger partial charge in [0, 0.05) is 38.4 Å². The summed E-state index contributed by atoms with van der Waals surface area (Å²) in [7, 11) is 1.41. The normalized spacial score (nSPS) is 13.9. The van der Waals surface area contributed by atoms with Crippen LogP contribution in [0, 0.1) is 0 Å². The van der Waals surface area contributed by atoms with Crippen molar-refractivity contribution in [3.05, 3.63) is 70.8 Å². The van der Waals surface area contributed by atoms with Crippen molar-refractivity contribution in [2.24, 2.45) is 5.73 Å². The molecule has 0 aromatic heterocycles. The van der Waals surface area contributed by atoms with E-state index in [0.29, 0.717) is 11.1 Å². The van der Waals surface area contributed by atoms with Gasteiger partial charge in [0.25, 0.3) is 11.8 Å². The number of likely N-dealkylation sites (N-methyl/N-ethyl adjacent to an activating group) is 1. The SMILES string of the molecule is CNC(=O)[C@H](Cc1ccc(C(C)(F)F)cc1)NC(=O)[C@@H](N)Cc1ccc(C(C)(F)F)cc1. The number of benzene rings is 2. The largest absolute Gasteiger partial charge is 0.357 e. The molecule has 0 fully saturated rings. The summed E-state index contributed by atoms with van der Waals surface area (Å²) in [4.78, 5) is 24.8. The van der Waals surface area contributed by atoms with Crippen molar-refractivity contribution in [2.75, 3.05) is 7.05 Å². The standard InChI is InChI=1S/C23H27F4N3O2/c1-22(24,25)16-8-4-14(5-9-16)12-18(28)20(31)30-19(21(32)29-3)13-15-6-10-17(11-7-15)23(2,26)27/h4-11,18-19H,12-13,28H2,1-3H3,(H,29,32)(H,30,31)/t18-,19-/m0/s1. The molecule has 174 valence electrons. The first-order valence-corrected chi connectivity index (χ1v) is 10.0. The minimum atomic E-state index is -2.98. The molecule has 0 aliphatic heterocycles. The van der Waals surface area contributed by atoms with Gasteiger partial charge < -0.3 is 16.4 Å². The molecular formula is C23H27F4N3O2. The van der Waals surface area contributed by atoms with Crippen LogP contribution in [0.3, 0.4) is 0 Å². The molecule has 0 radical (unpaired) electrons. The van der Waals surface area contributed by atoms with Crippen molar-refractivity contribution in [3.63, 3.8) is 0 Å². The third-order valence-electron chi connectivity index (χ3n) is 5.03. The monoisotopic (exact) mass is 453 g/mol. The maximum atomic E-state index is 13.4. The van der Waals surface area contributed by atoms with E-state index < -0.39 is 35.7 Å². The van der Waals surface area contributed by atoms with Gasteiger partial charge in [0.2, 0.25) is 11.8 Å². The van der Waals surface area contributed by atoms with Gasteiger partial charge in [0.05, 0.1) is 6.04 Å². The Morgan fingerprint density at radius 1 is 0.812 bits per heavy atom. The molecule has 0 aliphatic rings. The summed E-state index contributed by atoms with van der Waals surface area (Å²) in [5, 5.41) is 5.02. The fourth-order valence-corrected chi connectivity index (χ4v) is 3.11. The molecule has 0 bridgehead atoms. The van der Waals surface area contributed by atoms with Gasteiger partial charge in [0.15, 0.2) is 0 Å². The second-order valence-electron chi connectivity index (χ2n) is 7.86. The van der Waals surface area contributed by atoms with Crippen LogP contribution in [0.4, 0.5) is 17.6 Å². The number of hydrogen-bond acceptors (Lipinski definition) is 3. The lowest BCUT2D eigenvalue weighted by molar-refractivity contribution is -0.129. The molecule has 0 spiro atoms. The summed E-state index contributed by atoms with van der Waals surface area (Å²) in [6.07, 6.45) is 0.163. The molecule has 2 aromatic rings. The second-order valence-corrected chi connectivity index (χ2v) is 7.86. The number of amides is 2. The average Bonchev–Trinajstić information content (AvgIpc) is 2.72. The van der Waals surface area contributed by atoms with Gasteiger partial charge in [-0.2, -0.15) is 0 Å². The maximum Gasteiger partial charge on any atom is 0.270 e. The Labute approximate surface area is 184 Å². The first-order valence-electron chi connectivity index (χ1n) is 10.0. The van der Waals surface area contributed by atoms with Crippen molar-refractivity contribution < 1.29 is 27.2 Å². The number of hydrogen-bond donors (Lipinski definition) is 3. The highest BCUT2D eigenvalue weighted by Crippen LogP contribution is 2.27. The predicted octanol–water partition coefficient (Wildman–Crippen LogP) is 3.25. The second kappa shape index (κ2) is 10.1. The third kappa shape index (κ3) is 7.05. The Kier molecular flexibility index (Phi) is 8.01. The number of carbonyl (C=O) groups is 2. The molecule has 2 amide bonds. The van der Waals surface area contributed by atoms with E-state index in [4.69, 9.17) is 5.73 Å². The van der Waals surface area contributed by atoms with Crippen molar-refractivity contribution in [1.29, 1.82) is 0 Å². The van der Waals surface area contributed by atoms with Crippen LogP contribution in [0.25, 0.3) is 0 Å². The fourth-order valence-electron chi connectivity index (χ4n) is 3.11. The highest BCUT2D eigenvalue weighted by Gasteiger charge is 2.27. The van der Waals surface area contributed by atoms with Crippen LogP contribution in [0.5, 0.6) is 0 Å². The van der Waals surface area contributed by atoms with Crippen LogP contribution in [0.2, 0.25) is 0 Å². The molecule has 9 heteroatoms. The van der Waals surface area contributed by atoms with Gasteiger partial charge in [-0.1, -0.05) is 48.5 Å². The Morgan fingerprint density at radius 3 is 1.59 bits per heavy atom. The maximum absolute atomic E-state index is 13.4. The minimum Gasteiger partial charge on any atom is -0.357 e. The summed E-state index contributed by atoms with van der Waals surface area (Å²) in [6, 6.07) is 9.00. The molecular weight excluding hydrogens is 426 g/mol. The minimum absolute atomic E-state index is 0.0774. The molecule has 32 heavy (non-hydrogen) atoms. The zero-order chi connectivity index (χ0) is 24.1. The number of nitrogens with one attached hydrogen (secondary N) is 2. The summed E-state index contributed by atoms with van der Waals surface area (Å²) < 4.78 is 53.4. The fraction of sp³-hybridized carbons (Fsp3) is 0.391. The van der Waals surface area contributed by atoms with Crippen LogP contribution in [-0.4, -0.2) is 30.9 Å². The lowest BCUT2D eigenvalue weighted by Gasteiger charge is -2.21. The zero-order valence-electron chi connectivity index (χ0n) is 18.1. The van der Waals surface area contributed by atoms with Gasteiger partial charge in [-0.3, -0.25) is 9.59 Å². The highest BCUT2D eigenvalue weighted by molar-refractivity contribution is 5.89. The van der Waals surface area contributed by atoms with Crippen molar-refractivity contribution in [1.82, 2.24) is 10.6 Å². The third-order valence-corrected chi connectivity index (χ3v) is 5.03. The molecule has 2 rings (SSSR count). The number of carbonyl (C=O) groups excluding carboxylic acids is 2. The average molecular weight is 453 g/mol. The van der Waals surface area contributed by atoms with E-state index in [2.05, 4.69) is 10.6 Å². The quantitative estimate of drug-likeness (QED) is 0.510. The molecule has 5 nitrogen and oxygen atoms in total. The summed E-state index contributed by atoms with van der Waals surface area (Å²) in [5.74, 6) is -7.01. The molecule has 0 saturated heterocycles. The Balaban J connectivity index is 2.04. The van der Waals surface area contributed by atoms with E-state index in [1.165, 1.54) is 55.6 Å². The van der Waals surface area contributed by atoms with Gasteiger partial charge in [-0.05, 0) is 17.5 Å². The van der Waals surface area contributed by atoms with Gasteiger partial charge in [0.1, 0.15) is 6.04 Å². The summed E-state index contributed by atoms with van der Waals surface area (Å²) in [5.41, 5.74) is 6.82. The first-order chi connectivity index (χ1) is 14.8. The van der Waals surface area contributed by atoms with Crippen molar-refractivity contribution in [3.8, 4) is 0 Å². The van der Waals surface area contributed by atoms with Gasteiger partial charge in [-0.15, -0.1) is 0 Å². The Morgan fingerprint density at radius 2 is 1.22 bits per heavy atom. The van der Waals surface area contributed by atoms with Crippen LogP contribution < -0.4 is 16.4 Å². The van der Waals surface area contributed by atoms with E-state index in [9.17, 15) is 27.2 Å². The van der Waals surface area contributed by atoms with E-state index in [1.807, 2.05) is 0 Å². The zero-order valence-corrected chi connectivity index (χ0v) is 18.1. The Bertz CT molecular complexity index is 920. The lowest BCUT2D eigenvalue weighted by atomic mass is 10.00. The molecule has 0 unspecified atom stereocenters. The summed E-state index contributed by atoms with van der Waals surface area (Å²) in [6.45, 7) is 1.58. The number of alkyl halides is 4. The van der Waals surface area contributed by atoms with E-state index >= 15 is 0 Å². The molecule has 0 saturated carbocycles. The topological polar surface area (TPSA) is 84.2 Å². The van der Waals surface area contributed by atoms with Crippen LogP contribution in [-0.2, 0) is 34.3 Å². The van der Waals surface area contributed by atoms with E-state index in [1.54, 1.807) is 0 Å². The first kappa shape index (κ1) is 25.3. The van der Waals surface area contributed by atoms with Gasteiger partial charge >= 0.3 is 0 Å². The molecule has 2 aromatic carbocycles. The number of rotatable bonds is 9.